The number of morpholine rings is 1. The van der Waals surface area contributed by atoms with Gasteiger partial charge in [0.05, 0.1) is 24.2 Å². The third kappa shape index (κ3) is 3.97. The van der Waals surface area contributed by atoms with Gasteiger partial charge in [-0.15, -0.1) is 0 Å². The lowest BCUT2D eigenvalue weighted by atomic mass is 10.1. The van der Waals surface area contributed by atoms with Crippen LogP contribution in [-0.2, 0) is 4.74 Å². The van der Waals surface area contributed by atoms with Crippen molar-refractivity contribution in [1.82, 2.24) is 10.4 Å². The minimum Gasteiger partial charge on any atom is -0.387 e. The monoisotopic (exact) mass is 267 g/mol. The lowest BCUT2D eigenvalue weighted by molar-refractivity contribution is -0.384. The Bertz CT molecular complexity index is 417. The second kappa shape index (κ2) is 6.58. The van der Waals surface area contributed by atoms with Crippen molar-refractivity contribution in [3.05, 3.63) is 39.9 Å². The predicted octanol–water partition coefficient (Wildman–Crippen LogP) is 0.465. The molecule has 1 heterocycles. The van der Waals surface area contributed by atoms with Gasteiger partial charge in [-0.2, -0.15) is 0 Å². The molecule has 2 rings (SSSR count). The fourth-order valence-electron chi connectivity index (χ4n) is 1.87. The Labute approximate surface area is 110 Å². The number of hydrazine groups is 1. The number of nitro groups is 1. The molecule has 0 aliphatic carbocycles. The summed E-state index contributed by atoms with van der Waals surface area (Å²) < 4.78 is 5.22. The highest BCUT2D eigenvalue weighted by atomic mass is 16.6. The summed E-state index contributed by atoms with van der Waals surface area (Å²) in [5.41, 5.74) is 3.81. The Morgan fingerprint density at radius 1 is 1.37 bits per heavy atom. The van der Waals surface area contributed by atoms with E-state index in [0.29, 0.717) is 25.3 Å². The van der Waals surface area contributed by atoms with Crippen molar-refractivity contribution < 1.29 is 14.8 Å². The normalized spacial score (nSPS) is 18.2. The van der Waals surface area contributed by atoms with Gasteiger partial charge in [0.1, 0.15) is 0 Å². The quantitative estimate of drug-likeness (QED) is 0.595. The third-order valence-corrected chi connectivity index (χ3v) is 3.01. The minimum atomic E-state index is -0.691. The molecule has 1 saturated heterocycles. The van der Waals surface area contributed by atoms with E-state index in [9.17, 15) is 15.2 Å². The van der Waals surface area contributed by atoms with Gasteiger partial charge in [-0.25, -0.2) is 5.01 Å². The molecule has 0 radical (unpaired) electrons. The van der Waals surface area contributed by atoms with E-state index in [4.69, 9.17) is 4.74 Å². The first-order valence-electron chi connectivity index (χ1n) is 6.15. The lowest BCUT2D eigenvalue weighted by Crippen LogP contribution is -2.47. The molecule has 7 heteroatoms. The summed E-state index contributed by atoms with van der Waals surface area (Å²) in [6, 6.07) is 5.94. The summed E-state index contributed by atoms with van der Waals surface area (Å²) in [7, 11) is 0. The number of nitrogens with one attached hydrogen (secondary N) is 1. The van der Waals surface area contributed by atoms with Crippen LogP contribution in [0.15, 0.2) is 24.3 Å². The second-order valence-corrected chi connectivity index (χ2v) is 4.33. The van der Waals surface area contributed by atoms with Crippen LogP contribution in [0.5, 0.6) is 0 Å². The van der Waals surface area contributed by atoms with E-state index in [0.717, 1.165) is 13.1 Å². The highest BCUT2D eigenvalue weighted by Crippen LogP contribution is 2.17. The first-order valence-corrected chi connectivity index (χ1v) is 6.15. The van der Waals surface area contributed by atoms with Crippen molar-refractivity contribution in [2.45, 2.75) is 6.10 Å². The van der Waals surface area contributed by atoms with Gasteiger partial charge in [-0.05, 0) is 17.7 Å². The molecule has 0 aromatic heterocycles. The van der Waals surface area contributed by atoms with Crippen LogP contribution in [-0.4, -0.2) is 47.9 Å². The number of ether oxygens (including phenoxy) is 1. The van der Waals surface area contributed by atoms with Crippen LogP contribution >= 0.6 is 0 Å². The molecule has 1 aromatic rings. The number of nitrogens with zero attached hydrogens (tertiary/aromatic N) is 2. The highest BCUT2D eigenvalue weighted by molar-refractivity contribution is 5.33. The lowest BCUT2D eigenvalue weighted by Gasteiger charge is -2.28. The van der Waals surface area contributed by atoms with Crippen LogP contribution in [0.2, 0.25) is 0 Å². The van der Waals surface area contributed by atoms with Gasteiger partial charge in [0.2, 0.25) is 0 Å². The number of hydrogen-bond donors (Lipinski definition) is 2. The Morgan fingerprint density at radius 3 is 2.58 bits per heavy atom. The van der Waals surface area contributed by atoms with Crippen LogP contribution in [0.25, 0.3) is 0 Å². The van der Waals surface area contributed by atoms with Gasteiger partial charge in [0, 0.05) is 31.8 Å². The maximum atomic E-state index is 10.5. The Hall–Kier alpha value is -1.54. The van der Waals surface area contributed by atoms with Gasteiger partial charge in [-0.3, -0.25) is 15.5 Å². The molecule has 7 nitrogen and oxygen atoms in total. The standard InChI is InChI=1S/C12H17N3O4/c16-12(9-13-14-5-7-19-8-6-14)10-1-3-11(4-2-10)15(17)18/h1-4,12-13,16H,5-9H2. The first-order chi connectivity index (χ1) is 9.16. The van der Waals surface area contributed by atoms with Crippen molar-refractivity contribution in [2.75, 3.05) is 32.8 Å². The number of non-ortho nitro benzene ring substituents is 1. The van der Waals surface area contributed by atoms with Crippen molar-refractivity contribution in [2.24, 2.45) is 0 Å². The fourth-order valence-corrected chi connectivity index (χ4v) is 1.87. The molecule has 1 aromatic carbocycles. The number of benzene rings is 1. The van der Waals surface area contributed by atoms with E-state index in [-0.39, 0.29) is 5.69 Å². The zero-order valence-corrected chi connectivity index (χ0v) is 10.5. The van der Waals surface area contributed by atoms with Crippen molar-refractivity contribution in [3.63, 3.8) is 0 Å². The molecule has 1 aliphatic heterocycles. The summed E-state index contributed by atoms with van der Waals surface area (Å²) in [5.74, 6) is 0. The maximum Gasteiger partial charge on any atom is 0.269 e. The fraction of sp³-hybridized carbons (Fsp3) is 0.500. The van der Waals surface area contributed by atoms with Gasteiger partial charge >= 0.3 is 0 Å². The van der Waals surface area contributed by atoms with Gasteiger partial charge in [0.25, 0.3) is 5.69 Å². The summed E-state index contributed by atoms with van der Waals surface area (Å²) >= 11 is 0. The zero-order valence-electron chi connectivity index (χ0n) is 10.5. The second-order valence-electron chi connectivity index (χ2n) is 4.33. The molecule has 2 N–H and O–H groups in total. The van der Waals surface area contributed by atoms with E-state index in [2.05, 4.69) is 5.43 Å². The Morgan fingerprint density at radius 2 is 2.00 bits per heavy atom. The number of aliphatic hydroxyl groups excluding tert-OH is 1. The van der Waals surface area contributed by atoms with E-state index in [1.807, 2.05) is 5.01 Å². The molecule has 0 saturated carbocycles. The van der Waals surface area contributed by atoms with Crippen molar-refractivity contribution >= 4 is 5.69 Å². The van der Waals surface area contributed by atoms with Crippen molar-refractivity contribution in [3.8, 4) is 0 Å². The summed E-state index contributed by atoms with van der Waals surface area (Å²) in [6.07, 6.45) is -0.691. The van der Waals surface area contributed by atoms with Crippen LogP contribution in [0.3, 0.4) is 0 Å². The molecule has 1 unspecified atom stereocenters. The summed E-state index contributed by atoms with van der Waals surface area (Å²) in [5, 5.41) is 22.5. The summed E-state index contributed by atoms with van der Waals surface area (Å²) in [4.78, 5) is 10.1. The number of hydrogen-bond acceptors (Lipinski definition) is 6. The van der Waals surface area contributed by atoms with E-state index in [1.165, 1.54) is 12.1 Å². The van der Waals surface area contributed by atoms with E-state index >= 15 is 0 Å². The number of rotatable bonds is 5. The molecular formula is C12H17N3O4. The Kier molecular flexibility index (Phi) is 4.80. The maximum absolute atomic E-state index is 10.5. The third-order valence-electron chi connectivity index (χ3n) is 3.01. The minimum absolute atomic E-state index is 0.0251. The smallest absolute Gasteiger partial charge is 0.269 e. The SMILES string of the molecule is O=[N+]([O-])c1ccc(C(O)CNN2CCOCC2)cc1. The zero-order chi connectivity index (χ0) is 13.7. The molecule has 1 atom stereocenters. The molecule has 0 spiro atoms. The molecule has 1 aliphatic rings. The van der Waals surface area contributed by atoms with Crippen LogP contribution in [0.4, 0.5) is 5.69 Å². The van der Waals surface area contributed by atoms with Crippen LogP contribution in [0.1, 0.15) is 11.7 Å². The molecule has 19 heavy (non-hydrogen) atoms. The molecule has 0 bridgehead atoms. The molecule has 1 fully saturated rings. The molecular weight excluding hydrogens is 250 g/mol. The Balaban J connectivity index is 1.84. The predicted molar refractivity (Wildman–Crippen MR) is 68.5 cm³/mol. The van der Waals surface area contributed by atoms with Gasteiger partial charge in [-0.1, -0.05) is 0 Å². The average Bonchev–Trinajstić information content (AvgIpc) is 2.46. The van der Waals surface area contributed by atoms with Crippen molar-refractivity contribution in [1.29, 1.82) is 0 Å². The summed E-state index contributed by atoms with van der Waals surface area (Å²) in [6.45, 7) is 3.30. The van der Waals surface area contributed by atoms with E-state index in [1.54, 1.807) is 12.1 Å². The first kappa shape index (κ1) is 13.9. The number of aliphatic hydroxyl groups is 1. The van der Waals surface area contributed by atoms with Gasteiger partial charge < -0.3 is 9.84 Å². The average molecular weight is 267 g/mol. The largest absolute Gasteiger partial charge is 0.387 e. The topological polar surface area (TPSA) is 87.9 Å². The van der Waals surface area contributed by atoms with Crippen LogP contribution < -0.4 is 5.43 Å². The molecule has 104 valence electrons. The van der Waals surface area contributed by atoms with E-state index < -0.39 is 11.0 Å². The highest BCUT2D eigenvalue weighted by Gasteiger charge is 2.14. The van der Waals surface area contributed by atoms with Gasteiger partial charge in [0.15, 0.2) is 0 Å². The number of nitro benzene ring substituents is 1. The molecule has 0 amide bonds. The van der Waals surface area contributed by atoms with Crippen LogP contribution in [0, 0.1) is 10.1 Å².